The lowest BCUT2D eigenvalue weighted by Gasteiger charge is -2.36. The quantitative estimate of drug-likeness (QED) is 0.630. The number of carbonyl (C=O) groups excluding carboxylic acids is 1. The van der Waals surface area contributed by atoms with Gasteiger partial charge in [-0.1, -0.05) is 17.7 Å². The third-order valence-electron chi connectivity index (χ3n) is 7.53. The molecule has 3 saturated heterocycles. The second-order valence-electron chi connectivity index (χ2n) is 9.80. The van der Waals surface area contributed by atoms with Gasteiger partial charge in [0.2, 0.25) is 5.91 Å². The van der Waals surface area contributed by atoms with Crippen LogP contribution in [0.1, 0.15) is 25.7 Å². The minimum Gasteiger partial charge on any atom is -0.369 e. The van der Waals surface area contributed by atoms with Gasteiger partial charge in [0.25, 0.3) is 0 Å². The molecule has 8 nitrogen and oxygen atoms in total. The number of halogens is 1. The smallest absolute Gasteiger partial charge is 0.223 e. The van der Waals surface area contributed by atoms with Gasteiger partial charge >= 0.3 is 0 Å². The topological polar surface area (TPSA) is 67.8 Å². The molecule has 35 heavy (non-hydrogen) atoms. The van der Waals surface area contributed by atoms with Crippen LogP contribution in [0.2, 0.25) is 5.02 Å². The number of benzene rings is 1. The molecule has 1 aromatic heterocycles. The fraction of sp³-hybridized carbons (Fsp3) is 0.577. The molecule has 0 atom stereocenters. The third-order valence-corrected chi connectivity index (χ3v) is 7.76. The van der Waals surface area contributed by atoms with E-state index in [9.17, 15) is 4.79 Å². The number of hydrogen-bond donors (Lipinski definition) is 1. The summed E-state index contributed by atoms with van der Waals surface area (Å²) < 4.78 is 0. The monoisotopic (exact) mass is 497 g/mol. The molecule has 1 amide bonds. The molecular formula is C26H36ClN7O. The molecule has 0 saturated carbocycles. The van der Waals surface area contributed by atoms with E-state index in [2.05, 4.69) is 53.3 Å². The van der Waals surface area contributed by atoms with Crippen LogP contribution in [0.4, 0.5) is 17.3 Å². The van der Waals surface area contributed by atoms with Gasteiger partial charge in [0.05, 0.1) is 0 Å². The molecule has 188 valence electrons. The molecule has 0 aliphatic carbocycles. The number of amides is 1. The summed E-state index contributed by atoms with van der Waals surface area (Å²) in [5, 5.41) is 12.9. The highest BCUT2D eigenvalue weighted by atomic mass is 35.5. The van der Waals surface area contributed by atoms with Crippen molar-refractivity contribution >= 4 is 34.8 Å². The molecule has 0 spiro atoms. The summed E-state index contributed by atoms with van der Waals surface area (Å²) in [5.41, 5.74) is 1.19. The first-order chi connectivity index (χ1) is 17.2. The lowest BCUT2D eigenvalue weighted by atomic mass is 9.96. The first-order valence-corrected chi connectivity index (χ1v) is 13.4. The SMILES string of the molecule is O=C(NCCN1CCN(c2cccc(Cl)c2)CC1)C1CCN(c2ccc(N3CCCC3)nn2)CC1. The van der Waals surface area contributed by atoms with Crippen molar-refractivity contribution in [3.63, 3.8) is 0 Å². The number of piperazine rings is 1. The lowest BCUT2D eigenvalue weighted by Crippen LogP contribution is -2.49. The van der Waals surface area contributed by atoms with E-state index in [1.165, 1.54) is 18.5 Å². The van der Waals surface area contributed by atoms with E-state index >= 15 is 0 Å². The van der Waals surface area contributed by atoms with Crippen molar-refractivity contribution in [2.24, 2.45) is 5.92 Å². The Morgan fingerprint density at radius 3 is 2.14 bits per heavy atom. The van der Waals surface area contributed by atoms with Crippen LogP contribution in [-0.4, -0.2) is 86.5 Å². The van der Waals surface area contributed by atoms with Gasteiger partial charge < -0.3 is 20.0 Å². The molecular weight excluding hydrogens is 462 g/mol. The van der Waals surface area contributed by atoms with Crippen molar-refractivity contribution in [1.82, 2.24) is 20.4 Å². The summed E-state index contributed by atoms with van der Waals surface area (Å²) in [5.74, 6) is 2.18. The van der Waals surface area contributed by atoms with Gasteiger partial charge in [-0.05, 0) is 56.0 Å². The fourth-order valence-corrected chi connectivity index (χ4v) is 5.54. The molecule has 5 rings (SSSR count). The number of nitrogens with one attached hydrogen (secondary N) is 1. The third kappa shape index (κ3) is 6.16. The predicted molar refractivity (Wildman–Crippen MR) is 142 cm³/mol. The van der Waals surface area contributed by atoms with Crippen LogP contribution in [-0.2, 0) is 4.79 Å². The van der Waals surface area contributed by atoms with Gasteiger partial charge in [-0.3, -0.25) is 9.69 Å². The van der Waals surface area contributed by atoms with Crippen LogP contribution < -0.4 is 20.0 Å². The molecule has 3 fully saturated rings. The molecule has 0 unspecified atom stereocenters. The summed E-state index contributed by atoms with van der Waals surface area (Å²) >= 11 is 6.13. The Labute approximate surface area is 213 Å². The predicted octanol–water partition coefficient (Wildman–Crippen LogP) is 2.89. The van der Waals surface area contributed by atoms with Crippen LogP contribution in [0.25, 0.3) is 0 Å². The van der Waals surface area contributed by atoms with E-state index in [0.29, 0.717) is 6.54 Å². The second-order valence-corrected chi connectivity index (χ2v) is 10.2. The molecule has 0 bridgehead atoms. The lowest BCUT2D eigenvalue weighted by molar-refractivity contribution is -0.125. The van der Waals surface area contributed by atoms with Crippen molar-refractivity contribution in [3.8, 4) is 0 Å². The van der Waals surface area contributed by atoms with E-state index in [0.717, 1.165) is 88.4 Å². The molecule has 0 radical (unpaired) electrons. The molecule has 1 N–H and O–H groups in total. The van der Waals surface area contributed by atoms with Gasteiger partial charge in [0.15, 0.2) is 11.6 Å². The largest absolute Gasteiger partial charge is 0.369 e. The number of carbonyl (C=O) groups is 1. The Hall–Kier alpha value is -2.58. The zero-order valence-electron chi connectivity index (χ0n) is 20.4. The Kier molecular flexibility index (Phi) is 7.88. The van der Waals surface area contributed by atoms with E-state index in [1.54, 1.807) is 0 Å². The summed E-state index contributed by atoms with van der Waals surface area (Å²) in [4.78, 5) is 22.1. The van der Waals surface area contributed by atoms with Crippen molar-refractivity contribution in [1.29, 1.82) is 0 Å². The zero-order valence-corrected chi connectivity index (χ0v) is 21.2. The number of aromatic nitrogens is 2. The number of rotatable bonds is 7. The van der Waals surface area contributed by atoms with E-state index < -0.39 is 0 Å². The second kappa shape index (κ2) is 11.4. The first kappa shape index (κ1) is 24.1. The highest BCUT2D eigenvalue weighted by Crippen LogP contribution is 2.24. The maximum atomic E-state index is 12.7. The normalized spacial score (nSPS) is 19.9. The number of piperidine rings is 1. The number of anilines is 3. The van der Waals surface area contributed by atoms with Gasteiger partial charge in [0, 0.05) is 82.1 Å². The van der Waals surface area contributed by atoms with Gasteiger partial charge in [-0.2, -0.15) is 0 Å². The van der Waals surface area contributed by atoms with Crippen LogP contribution >= 0.6 is 11.6 Å². The standard InChI is InChI=1S/C26H36ClN7O/c27-22-4-3-5-23(20-22)32-18-16-31(17-19-32)15-10-28-26(35)21-8-13-34(14-9-21)25-7-6-24(29-30-25)33-11-1-2-12-33/h3-7,20-21H,1-2,8-19H2,(H,28,35). The summed E-state index contributed by atoms with van der Waals surface area (Å²) in [6.45, 7) is 9.41. The average Bonchev–Trinajstić information content (AvgIpc) is 3.44. The fourth-order valence-electron chi connectivity index (χ4n) is 5.36. The van der Waals surface area contributed by atoms with Crippen LogP contribution in [0.3, 0.4) is 0 Å². The average molecular weight is 498 g/mol. The van der Waals surface area contributed by atoms with Crippen molar-refractivity contribution < 1.29 is 4.79 Å². The van der Waals surface area contributed by atoms with Crippen molar-refractivity contribution in [2.45, 2.75) is 25.7 Å². The Balaban J connectivity index is 0.996. The molecule has 1 aromatic carbocycles. The summed E-state index contributed by atoms with van der Waals surface area (Å²) in [6.07, 6.45) is 4.19. The van der Waals surface area contributed by atoms with Crippen molar-refractivity contribution in [2.75, 3.05) is 80.1 Å². The van der Waals surface area contributed by atoms with Crippen LogP contribution in [0.15, 0.2) is 36.4 Å². The Morgan fingerprint density at radius 1 is 0.857 bits per heavy atom. The Bertz CT molecular complexity index is 966. The minimum atomic E-state index is 0.0859. The first-order valence-electron chi connectivity index (χ1n) is 13.0. The number of hydrogen-bond acceptors (Lipinski definition) is 7. The molecule has 4 heterocycles. The zero-order chi connectivity index (χ0) is 24.0. The Morgan fingerprint density at radius 2 is 1.51 bits per heavy atom. The van der Waals surface area contributed by atoms with Gasteiger partial charge in [-0.25, -0.2) is 0 Å². The van der Waals surface area contributed by atoms with E-state index in [-0.39, 0.29) is 11.8 Å². The molecule has 9 heteroatoms. The van der Waals surface area contributed by atoms with E-state index in [4.69, 9.17) is 11.6 Å². The molecule has 2 aromatic rings. The summed E-state index contributed by atoms with van der Waals surface area (Å²) in [7, 11) is 0. The van der Waals surface area contributed by atoms with E-state index in [1.807, 2.05) is 18.2 Å². The molecule has 3 aliphatic rings. The van der Waals surface area contributed by atoms with Gasteiger partial charge in [-0.15, -0.1) is 10.2 Å². The highest BCUT2D eigenvalue weighted by Gasteiger charge is 2.26. The highest BCUT2D eigenvalue weighted by molar-refractivity contribution is 6.30. The van der Waals surface area contributed by atoms with Crippen molar-refractivity contribution in [3.05, 3.63) is 41.4 Å². The maximum Gasteiger partial charge on any atom is 0.223 e. The molecule has 3 aliphatic heterocycles. The van der Waals surface area contributed by atoms with Crippen LogP contribution in [0.5, 0.6) is 0 Å². The maximum absolute atomic E-state index is 12.7. The van der Waals surface area contributed by atoms with Crippen LogP contribution in [0, 0.1) is 5.92 Å². The summed E-state index contributed by atoms with van der Waals surface area (Å²) in [6, 6.07) is 12.2. The minimum absolute atomic E-state index is 0.0859. The number of nitrogens with zero attached hydrogens (tertiary/aromatic N) is 6. The van der Waals surface area contributed by atoms with Gasteiger partial charge in [0.1, 0.15) is 0 Å².